The van der Waals surface area contributed by atoms with Gasteiger partial charge >= 0.3 is 0 Å². The second-order valence-electron chi connectivity index (χ2n) is 5.36. The Kier molecular flexibility index (Phi) is 4.91. The van der Waals surface area contributed by atoms with Crippen LogP contribution >= 0.6 is 0 Å². The second-order valence-corrected chi connectivity index (χ2v) is 5.36. The summed E-state index contributed by atoms with van der Waals surface area (Å²) in [5.74, 6) is 0.379. The van der Waals surface area contributed by atoms with E-state index >= 15 is 0 Å². The van der Waals surface area contributed by atoms with Gasteiger partial charge in [-0.2, -0.15) is 0 Å². The average molecular weight is 247 g/mol. The van der Waals surface area contributed by atoms with Gasteiger partial charge in [-0.1, -0.05) is 38.7 Å². The van der Waals surface area contributed by atoms with E-state index in [2.05, 4.69) is 17.9 Å². The van der Waals surface area contributed by atoms with Crippen molar-refractivity contribution in [3.8, 4) is 5.75 Å². The van der Waals surface area contributed by atoms with Crippen LogP contribution in [0.3, 0.4) is 0 Å². The Labute approximate surface area is 111 Å². The van der Waals surface area contributed by atoms with E-state index in [9.17, 15) is 5.11 Å². The highest BCUT2D eigenvalue weighted by Gasteiger charge is 2.21. The van der Waals surface area contributed by atoms with Gasteiger partial charge in [0.05, 0.1) is 0 Å². The van der Waals surface area contributed by atoms with E-state index in [1.807, 2.05) is 12.1 Å². The lowest BCUT2D eigenvalue weighted by molar-refractivity contribution is 0.411. The molecule has 100 valence electrons. The first-order chi connectivity index (χ1) is 8.81. The topological polar surface area (TPSA) is 23.5 Å². The van der Waals surface area contributed by atoms with Crippen molar-refractivity contribution in [3.05, 3.63) is 24.3 Å². The third-order valence-corrected chi connectivity index (χ3v) is 3.93. The molecule has 2 rings (SSSR count). The number of phenolic OH excluding ortho intramolecular Hbond substituents is 1. The van der Waals surface area contributed by atoms with E-state index in [4.69, 9.17) is 0 Å². The van der Waals surface area contributed by atoms with E-state index in [1.165, 1.54) is 50.6 Å². The van der Waals surface area contributed by atoms with Gasteiger partial charge in [0.1, 0.15) is 5.75 Å². The zero-order chi connectivity index (χ0) is 12.8. The van der Waals surface area contributed by atoms with Crippen molar-refractivity contribution in [2.75, 3.05) is 11.4 Å². The monoisotopic (exact) mass is 247 g/mol. The summed E-state index contributed by atoms with van der Waals surface area (Å²) in [5.41, 5.74) is 1.19. The van der Waals surface area contributed by atoms with E-state index in [-0.39, 0.29) is 0 Å². The molecule has 0 aromatic heterocycles. The fraction of sp³-hybridized carbons (Fsp3) is 0.625. The molecule has 0 unspecified atom stereocenters. The molecule has 1 aliphatic rings. The zero-order valence-corrected chi connectivity index (χ0v) is 11.4. The second kappa shape index (κ2) is 6.67. The van der Waals surface area contributed by atoms with Gasteiger partial charge in [-0.3, -0.25) is 0 Å². The number of nitrogens with zero attached hydrogens (tertiary/aromatic N) is 1. The highest BCUT2D eigenvalue weighted by molar-refractivity contribution is 5.51. The van der Waals surface area contributed by atoms with E-state index < -0.39 is 0 Å². The van der Waals surface area contributed by atoms with Crippen LogP contribution in [0.2, 0.25) is 0 Å². The molecule has 2 nitrogen and oxygen atoms in total. The molecule has 0 spiro atoms. The quantitative estimate of drug-likeness (QED) is 0.837. The van der Waals surface area contributed by atoms with Crippen LogP contribution in [-0.4, -0.2) is 17.7 Å². The highest BCUT2D eigenvalue weighted by atomic mass is 16.3. The molecule has 0 heterocycles. The van der Waals surface area contributed by atoms with Crippen LogP contribution < -0.4 is 4.90 Å². The van der Waals surface area contributed by atoms with Crippen molar-refractivity contribution in [3.63, 3.8) is 0 Å². The lowest BCUT2D eigenvalue weighted by Gasteiger charge is -2.36. The Bertz CT molecular complexity index is 358. The first kappa shape index (κ1) is 13.3. The third kappa shape index (κ3) is 3.41. The van der Waals surface area contributed by atoms with Crippen LogP contribution in [0.5, 0.6) is 5.75 Å². The molecule has 0 atom stereocenters. The van der Waals surface area contributed by atoms with E-state index in [1.54, 1.807) is 6.07 Å². The average Bonchev–Trinajstić information content (AvgIpc) is 2.40. The predicted molar refractivity (Wildman–Crippen MR) is 77.2 cm³/mol. The molecule has 1 aromatic carbocycles. The van der Waals surface area contributed by atoms with Gasteiger partial charge in [0.15, 0.2) is 0 Å². The smallest absolute Gasteiger partial charge is 0.117 e. The van der Waals surface area contributed by atoms with Crippen molar-refractivity contribution in [1.29, 1.82) is 0 Å². The van der Waals surface area contributed by atoms with Crippen LogP contribution in [0, 0.1) is 0 Å². The van der Waals surface area contributed by atoms with Crippen LogP contribution in [0.4, 0.5) is 5.69 Å². The summed E-state index contributed by atoms with van der Waals surface area (Å²) >= 11 is 0. The molecular formula is C16H25NO. The van der Waals surface area contributed by atoms with Crippen LogP contribution in [-0.2, 0) is 0 Å². The molecule has 1 saturated carbocycles. The van der Waals surface area contributed by atoms with E-state index in [0.717, 1.165) is 6.54 Å². The summed E-state index contributed by atoms with van der Waals surface area (Å²) in [6.07, 6.45) is 9.16. The molecule has 0 radical (unpaired) electrons. The summed E-state index contributed by atoms with van der Waals surface area (Å²) in [6.45, 7) is 3.35. The molecule has 1 aromatic rings. The first-order valence-corrected chi connectivity index (χ1v) is 7.37. The fourth-order valence-electron chi connectivity index (χ4n) is 2.92. The highest BCUT2D eigenvalue weighted by Crippen LogP contribution is 2.29. The molecule has 0 amide bonds. The van der Waals surface area contributed by atoms with Gasteiger partial charge in [-0.15, -0.1) is 0 Å². The van der Waals surface area contributed by atoms with Crippen molar-refractivity contribution >= 4 is 5.69 Å². The van der Waals surface area contributed by atoms with Crippen LogP contribution in [0.15, 0.2) is 24.3 Å². The predicted octanol–water partition coefficient (Wildman–Crippen LogP) is 4.33. The summed E-state index contributed by atoms with van der Waals surface area (Å²) in [5, 5.41) is 9.66. The van der Waals surface area contributed by atoms with E-state index in [0.29, 0.717) is 11.8 Å². The van der Waals surface area contributed by atoms with Gasteiger partial charge in [-0.25, -0.2) is 0 Å². The van der Waals surface area contributed by atoms with Gasteiger partial charge in [-0.05, 0) is 31.4 Å². The Morgan fingerprint density at radius 3 is 2.67 bits per heavy atom. The molecular weight excluding hydrogens is 222 g/mol. The number of phenols is 1. The van der Waals surface area contributed by atoms with Crippen molar-refractivity contribution < 1.29 is 5.11 Å². The Hall–Kier alpha value is -1.18. The number of hydrogen-bond donors (Lipinski definition) is 1. The maximum atomic E-state index is 9.66. The third-order valence-electron chi connectivity index (χ3n) is 3.93. The number of anilines is 1. The SMILES string of the molecule is CCCCN(c1cccc(O)c1)C1CCCCC1. The van der Waals surface area contributed by atoms with Gasteiger partial charge in [0.25, 0.3) is 0 Å². The van der Waals surface area contributed by atoms with Gasteiger partial charge < -0.3 is 10.0 Å². The summed E-state index contributed by atoms with van der Waals surface area (Å²) in [7, 11) is 0. The van der Waals surface area contributed by atoms with Crippen molar-refractivity contribution in [2.45, 2.75) is 57.9 Å². The molecule has 0 aliphatic heterocycles. The Morgan fingerprint density at radius 1 is 1.22 bits per heavy atom. The summed E-state index contributed by atoms with van der Waals surface area (Å²) in [4.78, 5) is 2.52. The lowest BCUT2D eigenvalue weighted by Crippen LogP contribution is -2.37. The first-order valence-electron chi connectivity index (χ1n) is 7.37. The summed E-state index contributed by atoms with van der Waals surface area (Å²) in [6, 6.07) is 8.41. The van der Waals surface area contributed by atoms with Crippen LogP contribution in [0.1, 0.15) is 51.9 Å². The minimum absolute atomic E-state index is 0.379. The molecule has 1 aliphatic carbocycles. The zero-order valence-electron chi connectivity index (χ0n) is 11.4. The molecule has 2 heteroatoms. The van der Waals surface area contributed by atoms with Crippen LogP contribution in [0.25, 0.3) is 0 Å². The van der Waals surface area contributed by atoms with Gasteiger partial charge in [0, 0.05) is 24.3 Å². The normalized spacial score (nSPS) is 16.7. The standard InChI is InChI=1S/C16H25NO/c1-2-3-12-17(14-8-5-4-6-9-14)15-10-7-11-16(18)13-15/h7,10-11,13-14,18H,2-6,8-9,12H2,1H3. The lowest BCUT2D eigenvalue weighted by atomic mass is 9.93. The molecule has 0 bridgehead atoms. The van der Waals surface area contributed by atoms with Crippen molar-refractivity contribution in [1.82, 2.24) is 0 Å². The molecule has 1 fully saturated rings. The number of hydrogen-bond acceptors (Lipinski definition) is 2. The maximum Gasteiger partial charge on any atom is 0.117 e. The minimum Gasteiger partial charge on any atom is -0.508 e. The minimum atomic E-state index is 0.379. The number of benzene rings is 1. The fourth-order valence-corrected chi connectivity index (χ4v) is 2.92. The Balaban J connectivity index is 2.12. The molecule has 18 heavy (non-hydrogen) atoms. The summed E-state index contributed by atoms with van der Waals surface area (Å²) < 4.78 is 0. The number of unbranched alkanes of at least 4 members (excludes halogenated alkanes) is 1. The largest absolute Gasteiger partial charge is 0.508 e. The van der Waals surface area contributed by atoms with Crippen molar-refractivity contribution in [2.24, 2.45) is 0 Å². The van der Waals surface area contributed by atoms with Gasteiger partial charge in [0.2, 0.25) is 0 Å². The maximum absolute atomic E-state index is 9.66. The number of rotatable bonds is 5. The molecule has 0 saturated heterocycles. The number of aromatic hydroxyl groups is 1. The Morgan fingerprint density at radius 2 is 2.00 bits per heavy atom. The molecule has 1 N–H and O–H groups in total.